The van der Waals surface area contributed by atoms with Crippen LogP contribution in [0.4, 0.5) is 5.69 Å². The predicted octanol–water partition coefficient (Wildman–Crippen LogP) is 3.33. The van der Waals surface area contributed by atoms with E-state index >= 15 is 0 Å². The smallest absolute Gasteiger partial charge is 0.238 e. The van der Waals surface area contributed by atoms with Crippen molar-refractivity contribution in [2.24, 2.45) is 5.14 Å². The molecule has 112 valence electrons. The Hall–Kier alpha value is -1.37. The molecule has 0 spiro atoms. The van der Waals surface area contributed by atoms with Gasteiger partial charge >= 0.3 is 0 Å². The van der Waals surface area contributed by atoms with E-state index < -0.39 is 10.0 Å². The SMILES string of the molecule is Cc1cc(S(N)(=O)=O)cc(NCc2ccccc2Br)c1C. The quantitative estimate of drug-likeness (QED) is 0.869. The second-order valence-corrected chi connectivity index (χ2v) is 7.32. The number of anilines is 1. The zero-order chi connectivity index (χ0) is 15.6. The van der Waals surface area contributed by atoms with Crippen LogP contribution < -0.4 is 10.5 Å². The van der Waals surface area contributed by atoms with Gasteiger partial charge in [-0.1, -0.05) is 34.1 Å². The minimum Gasteiger partial charge on any atom is -0.381 e. The number of benzene rings is 2. The number of nitrogens with one attached hydrogen (secondary N) is 1. The molecule has 0 aromatic heterocycles. The largest absolute Gasteiger partial charge is 0.381 e. The fourth-order valence-electron chi connectivity index (χ4n) is 2.01. The van der Waals surface area contributed by atoms with Gasteiger partial charge in [0, 0.05) is 16.7 Å². The molecule has 0 amide bonds. The van der Waals surface area contributed by atoms with Gasteiger partial charge < -0.3 is 5.32 Å². The zero-order valence-corrected chi connectivity index (χ0v) is 14.3. The fraction of sp³-hybridized carbons (Fsp3) is 0.200. The first-order valence-corrected chi connectivity index (χ1v) is 8.74. The van der Waals surface area contributed by atoms with Crippen LogP contribution in [0.3, 0.4) is 0 Å². The van der Waals surface area contributed by atoms with Crippen molar-refractivity contribution in [3.05, 3.63) is 57.6 Å². The van der Waals surface area contributed by atoms with E-state index in [1.165, 1.54) is 0 Å². The standard InChI is InChI=1S/C15H17BrN2O2S/c1-10-7-13(21(17,19)20)8-15(11(10)2)18-9-12-5-3-4-6-14(12)16/h3-8,18H,9H2,1-2H3,(H2,17,19,20). The van der Waals surface area contributed by atoms with Crippen LogP contribution in [-0.2, 0) is 16.6 Å². The van der Waals surface area contributed by atoms with Gasteiger partial charge in [0.25, 0.3) is 0 Å². The lowest BCUT2D eigenvalue weighted by Crippen LogP contribution is -2.13. The average molecular weight is 369 g/mol. The summed E-state index contributed by atoms with van der Waals surface area (Å²) in [5.74, 6) is 0. The molecule has 0 fully saturated rings. The maximum Gasteiger partial charge on any atom is 0.238 e. The Morgan fingerprint density at radius 2 is 1.86 bits per heavy atom. The lowest BCUT2D eigenvalue weighted by Gasteiger charge is -2.14. The molecule has 0 aliphatic rings. The summed E-state index contributed by atoms with van der Waals surface area (Å²) in [4.78, 5) is 0.125. The second kappa shape index (κ2) is 6.17. The summed E-state index contributed by atoms with van der Waals surface area (Å²) in [6.07, 6.45) is 0. The molecular formula is C15H17BrN2O2S. The van der Waals surface area contributed by atoms with Gasteiger partial charge in [-0.05, 0) is 48.7 Å². The molecule has 0 bridgehead atoms. The maximum absolute atomic E-state index is 11.5. The second-order valence-electron chi connectivity index (χ2n) is 4.90. The zero-order valence-electron chi connectivity index (χ0n) is 11.9. The summed E-state index contributed by atoms with van der Waals surface area (Å²) in [5, 5.41) is 8.49. The van der Waals surface area contributed by atoms with E-state index in [0.29, 0.717) is 6.54 Å². The van der Waals surface area contributed by atoms with Gasteiger partial charge in [0.15, 0.2) is 0 Å². The van der Waals surface area contributed by atoms with E-state index in [9.17, 15) is 8.42 Å². The monoisotopic (exact) mass is 368 g/mol. The van der Waals surface area contributed by atoms with Gasteiger partial charge in [0.05, 0.1) is 4.90 Å². The molecule has 2 aromatic rings. The summed E-state index contributed by atoms with van der Waals surface area (Å²) in [7, 11) is -3.70. The van der Waals surface area contributed by atoms with Crippen molar-refractivity contribution in [3.63, 3.8) is 0 Å². The molecule has 2 aromatic carbocycles. The molecule has 0 aliphatic carbocycles. The highest BCUT2D eigenvalue weighted by Gasteiger charge is 2.12. The number of nitrogens with two attached hydrogens (primary N) is 1. The van der Waals surface area contributed by atoms with Crippen molar-refractivity contribution >= 4 is 31.6 Å². The van der Waals surface area contributed by atoms with Crippen molar-refractivity contribution in [3.8, 4) is 0 Å². The Morgan fingerprint density at radius 1 is 1.19 bits per heavy atom. The normalized spacial score (nSPS) is 11.4. The molecule has 0 saturated heterocycles. The third-order valence-electron chi connectivity index (χ3n) is 3.40. The summed E-state index contributed by atoms with van der Waals surface area (Å²) < 4.78 is 24.0. The van der Waals surface area contributed by atoms with Crippen LogP contribution >= 0.6 is 15.9 Å². The van der Waals surface area contributed by atoms with Crippen LogP contribution in [0.25, 0.3) is 0 Å². The van der Waals surface area contributed by atoms with Gasteiger partial charge in [-0.25, -0.2) is 13.6 Å². The summed E-state index contributed by atoms with van der Waals surface area (Å²) in [5.41, 5.74) is 3.76. The molecular weight excluding hydrogens is 352 g/mol. The van der Waals surface area contributed by atoms with E-state index in [0.717, 1.165) is 26.9 Å². The Morgan fingerprint density at radius 3 is 2.48 bits per heavy atom. The van der Waals surface area contributed by atoms with E-state index in [2.05, 4.69) is 21.2 Å². The first-order valence-electron chi connectivity index (χ1n) is 6.40. The molecule has 0 aliphatic heterocycles. The fourth-order valence-corrected chi connectivity index (χ4v) is 3.05. The minimum absolute atomic E-state index is 0.125. The van der Waals surface area contributed by atoms with Gasteiger partial charge in [-0.15, -0.1) is 0 Å². The van der Waals surface area contributed by atoms with E-state index in [1.807, 2.05) is 38.1 Å². The number of primary sulfonamides is 1. The molecule has 21 heavy (non-hydrogen) atoms. The Bertz CT molecular complexity index is 773. The number of hydrogen-bond acceptors (Lipinski definition) is 3. The van der Waals surface area contributed by atoms with Crippen molar-refractivity contribution < 1.29 is 8.42 Å². The summed E-state index contributed by atoms with van der Waals surface area (Å²) in [6.45, 7) is 4.41. The first kappa shape index (κ1) is 16.0. The van der Waals surface area contributed by atoms with Crippen LogP contribution in [0, 0.1) is 13.8 Å². The molecule has 0 unspecified atom stereocenters. The number of aryl methyl sites for hydroxylation is 1. The molecule has 0 heterocycles. The molecule has 6 heteroatoms. The van der Waals surface area contributed by atoms with Gasteiger partial charge in [0.1, 0.15) is 0 Å². The first-order chi connectivity index (χ1) is 9.79. The maximum atomic E-state index is 11.5. The minimum atomic E-state index is -3.70. The van der Waals surface area contributed by atoms with Gasteiger partial charge in [-0.2, -0.15) is 0 Å². The summed E-state index contributed by atoms with van der Waals surface area (Å²) >= 11 is 3.49. The van der Waals surface area contributed by atoms with Crippen molar-refractivity contribution in [2.75, 3.05) is 5.32 Å². The number of halogens is 1. The summed E-state index contributed by atoms with van der Waals surface area (Å²) in [6, 6.07) is 11.0. The lowest BCUT2D eigenvalue weighted by molar-refractivity contribution is 0.597. The van der Waals surface area contributed by atoms with Crippen LogP contribution in [0.1, 0.15) is 16.7 Å². The molecule has 4 nitrogen and oxygen atoms in total. The predicted molar refractivity (Wildman–Crippen MR) is 88.8 cm³/mol. The molecule has 0 saturated carbocycles. The highest BCUT2D eigenvalue weighted by Crippen LogP contribution is 2.25. The lowest BCUT2D eigenvalue weighted by atomic mass is 10.1. The third kappa shape index (κ3) is 3.84. The third-order valence-corrected chi connectivity index (χ3v) is 5.06. The average Bonchev–Trinajstić information content (AvgIpc) is 2.40. The van der Waals surface area contributed by atoms with Gasteiger partial charge in [-0.3, -0.25) is 0 Å². The molecule has 3 N–H and O–H groups in total. The van der Waals surface area contributed by atoms with Crippen LogP contribution in [-0.4, -0.2) is 8.42 Å². The number of rotatable bonds is 4. The Balaban J connectivity index is 2.32. The van der Waals surface area contributed by atoms with Crippen LogP contribution in [0.15, 0.2) is 45.8 Å². The molecule has 0 radical (unpaired) electrons. The van der Waals surface area contributed by atoms with Crippen molar-refractivity contribution in [2.45, 2.75) is 25.3 Å². The Labute approximate surface area is 133 Å². The van der Waals surface area contributed by atoms with Gasteiger partial charge in [0.2, 0.25) is 10.0 Å². The van der Waals surface area contributed by atoms with Crippen LogP contribution in [0.2, 0.25) is 0 Å². The Kier molecular flexibility index (Phi) is 4.70. The van der Waals surface area contributed by atoms with Crippen molar-refractivity contribution in [1.82, 2.24) is 0 Å². The highest BCUT2D eigenvalue weighted by atomic mass is 79.9. The van der Waals surface area contributed by atoms with E-state index in [-0.39, 0.29) is 4.90 Å². The van der Waals surface area contributed by atoms with Crippen LogP contribution in [0.5, 0.6) is 0 Å². The van der Waals surface area contributed by atoms with Crippen molar-refractivity contribution in [1.29, 1.82) is 0 Å². The topological polar surface area (TPSA) is 72.2 Å². The highest BCUT2D eigenvalue weighted by molar-refractivity contribution is 9.10. The van der Waals surface area contributed by atoms with E-state index in [4.69, 9.17) is 5.14 Å². The number of sulfonamides is 1. The molecule has 0 atom stereocenters. The number of hydrogen-bond donors (Lipinski definition) is 2. The van der Waals surface area contributed by atoms with E-state index in [1.54, 1.807) is 12.1 Å². The molecule has 2 rings (SSSR count).